The second-order valence-electron chi connectivity index (χ2n) is 5.95. The van der Waals surface area contributed by atoms with Crippen LogP contribution in [-0.2, 0) is 0 Å². The largest absolute Gasteiger partial charge is 0.477 e. The van der Waals surface area contributed by atoms with Gasteiger partial charge >= 0.3 is 5.97 Å². The highest BCUT2D eigenvalue weighted by Crippen LogP contribution is 2.37. The third-order valence-electron chi connectivity index (χ3n) is 4.16. The molecule has 6 nitrogen and oxygen atoms in total. The van der Waals surface area contributed by atoms with E-state index in [9.17, 15) is 19.1 Å². The predicted octanol–water partition coefficient (Wildman–Crippen LogP) is 2.62. The standard InChI is InChI=1S/C17H20FN3O3.ClH/c1-2-19-5-6-20-14-8-15-11(7-13(14)18)16(22)12(17(23)24)9-21(15)10-3-4-10;/h7-10,19-20H,2-6H2,1H3,(H,23,24);1H. The summed E-state index contributed by atoms with van der Waals surface area (Å²) in [6.07, 6.45) is 3.24. The summed E-state index contributed by atoms with van der Waals surface area (Å²) in [5.41, 5.74) is -0.0775. The molecule has 1 aliphatic rings. The Morgan fingerprint density at radius 2 is 2.08 bits per heavy atom. The number of benzene rings is 1. The number of pyridine rings is 1. The molecular weight excluding hydrogens is 349 g/mol. The first-order valence-electron chi connectivity index (χ1n) is 8.09. The van der Waals surface area contributed by atoms with Gasteiger partial charge in [0, 0.05) is 30.7 Å². The average Bonchev–Trinajstić information content (AvgIpc) is 3.37. The zero-order valence-electron chi connectivity index (χ0n) is 13.8. The minimum Gasteiger partial charge on any atom is -0.477 e. The highest BCUT2D eigenvalue weighted by molar-refractivity contribution is 5.93. The summed E-state index contributed by atoms with van der Waals surface area (Å²) in [6.45, 7) is 4.07. The molecule has 8 heteroatoms. The van der Waals surface area contributed by atoms with Gasteiger partial charge in [0.15, 0.2) is 0 Å². The topological polar surface area (TPSA) is 83.4 Å². The van der Waals surface area contributed by atoms with Crippen molar-refractivity contribution in [2.45, 2.75) is 25.8 Å². The number of carboxylic acids is 1. The SMILES string of the molecule is CCNCCNc1cc2c(cc1F)c(=O)c(C(=O)O)cn2C1CC1.Cl. The van der Waals surface area contributed by atoms with E-state index in [1.165, 1.54) is 6.20 Å². The molecule has 0 atom stereocenters. The van der Waals surface area contributed by atoms with E-state index in [-0.39, 0.29) is 29.4 Å². The van der Waals surface area contributed by atoms with E-state index in [0.717, 1.165) is 25.5 Å². The van der Waals surface area contributed by atoms with Crippen molar-refractivity contribution in [3.63, 3.8) is 0 Å². The number of nitrogens with zero attached hydrogens (tertiary/aromatic N) is 1. The van der Waals surface area contributed by atoms with E-state index in [1.54, 1.807) is 10.6 Å². The Balaban J connectivity index is 0.00000225. The van der Waals surface area contributed by atoms with Crippen LogP contribution in [0.3, 0.4) is 0 Å². The van der Waals surface area contributed by atoms with Crippen LogP contribution in [0.25, 0.3) is 10.9 Å². The highest BCUT2D eigenvalue weighted by Gasteiger charge is 2.27. The molecule has 1 aliphatic carbocycles. The summed E-state index contributed by atoms with van der Waals surface area (Å²) < 4.78 is 16.1. The lowest BCUT2D eigenvalue weighted by atomic mass is 10.1. The van der Waals surface area contributed by atoms with Crippen LogP contribution in [0.15, 0.2) is 23.1 Å². The summed E-state index contributed by atoms with van der Waals surface area (Å²) in [5, 5.41) is 15.5. The van der Waals surface area contributed by atoms with Crippen molar-refractivity contribution in [2.75, 3.05) is 25.0 Å². The number of likely N-dealkylation sites (N-methyl/N-ethyl adjacent to an activating group) is 1. The number of rotatable bonds is 7. The number of carboxylic acid groups (broad SMARTS) is 1. The maximum absolute atomic E-state index is 14.3. The predicted molar refractivity (Wildman–Crippen MR) is 97.7 cm³/mol. The smallest absolute Gasteiger partial charge is 0.341 e. The number of hydrogen-bond donors (Lipinski definition) is 3. The minimum atomic E-state index is -1.29. The summed E-state index contributed by atoms with van der Waals surface area (Å²) in [4.78, 5) is 23.6. The Morgan fingerprint density at radius 1 is 1.36 bits per heavy atom. The number of nitrogens with one attached hydrogen (secondary N) is 2. The molecule has 3 rings (SSSR count). The zero-order valence-corrected chi connectivity index (χ0v) is 14.7. The minimum absolute atomic E-state index is 0. The molecule has 0 bridgehead atoms. The molecule has 0 unspecified atom stereocenters. The number of halogens is 2. The fraction of sp³-hybridized carbons (Fsp3) is 0.412. The van der Waals surface area contributed by atoms with Crippen LogP contribution >= 0.6 is 12.4 Å². The first-order chi connectivity index (χ1) is 11.5. The van der Waals surface area contributed by atoms with E-state index in [4.69, 9.17) is 0 Å². The third kappa shape index (κ3) is 3.93. The third-order valence-corrected chi connectivity index (χ3v) is 4.16. The van der Waals surface area contributed by atoms with Gasteiger partial charge in [-0.25, -0.2) is 9.18 Å². The van der Waals surface area contributed by atoms with Crippen molar-refractivity contribution >= 4 is 35.0 Å². The van der Waals surface area contributed by atoms with Crippen LogP contribution in [0, 0.1) is 5.82 Å². The van der Waals surface area contributed by atoms with Crippen molar-refractivity contribution in [3.05, 3.63) is 39.9 Å². The van der Waals surface area contributed by atoms with Crippen molar-refractivity contribution in [3.8, 4) is 0 Å². The highest BCUT2D eigenvalue weighted by atomic mass is 35.5. The molecule has 3 N–H and O–H groups in total. The van der Waals surface area contributed by atoms with Crippen molar-refractivity contribution < 1.29 is 14.3 Å². The van der Waals surface area contributed by atoms with Crippen molar-refractivity contribution in [1.29, 1.82) is 0 Å². The molecule has 0 aliphatic heterocycles. The number of fused-ring (bicyclic) bond motifs is 1. The molecule has 1 aromatic carbocycles. The molecule has 1 heterocycles. The van der Waals surface area contributed by atoms with Crippen molar-refractivity contribution in [2.24, 2.45) is 0 Å². The van der Waals surface area contributed by atoms with E-state index in [2.05, 4.69) is 10.6 Å². The Labute approximate surface area is 150 Å². The maximum atomic E-state index is 14.3. The van der Waals surface area contributed by atoms with Crippen LogP contribution < -0.4 is 16.1 Å². The summed E-state index contributed by atoms with van der Waals surface area (Å²) in [5.74, 6) is -1.84. The Kier molecular flexibility index (Phi) is 6.02. The Morgan fingerprint density at radius 3 is 2.68 bits per heavy atom. The van der Waals surface area contributed by atoms with E-state index < -0.39 is 17.2 Å². The monoisotopic (exact) mass is 369 g/mol. The molecule has 1 saturated carbocycles. The van der Waals surface area contributed by atoms with Gasteiger partial charge in [-0.15, -0.1) is 12.4 Å². The van der Waals surface area contributed by atoms with Gasteiger partial charge in [-0.1, -0.05) is 6.92 Å². The lowest BCUT2D eigenvalue weighted by Crippen LogP contribution is -2.22. The van der Waals surface area contributed by atoms with Gasteiger partial charge < -0.3 is 20.3 Å². The number of hydrogen-bond acceptors (Lipinski definition) is 4. The van der Waals surface area contributed by atoms with Crippen LogP contribution in [-0.4, -0.2) is 35.3 Å². The fourth-order valence-corrected chi connectivity index (χ4v) is 2.77. The molecule has 0 radical (unpaired) electrons. The normalized spacial score (nSPS) is 13.5. The Hall–Kier alpha value is -2.12. The molecule has 1 fully saturated rings. The van der Waals surface area contributed by atoms with Gasteiger partial charge in [0.2, 0.25) is 5.43 Å². The number of aromatic nitrogens is 1. The molecule has 0 spiro atoms. The fourth-order valence-electron chi connectivity index (χ4n) is 2.77. The quantitative estimate of drug-likeness (QED) is 0.653. The van der Waals surface area contributed by atoms with Crippen LogP contribution in [0.2, 0.25) is 0 Å². The van der Waals surface area contributed by atoms with E-state index >= 15 is 0 Å². The lowest BCUT2D eigenvalue weighted by molar-refractivity contribution is 0.0695. The summed E-state index contributed by atoms with van der Waals surface area (Å²) in [7, 11) is 0. The van der Waals surface area contributed by atoms with Crippen LogP contribution in [0.5, 0.6) is 0 Å². The van der Waals surface area contributed by atoms with Gasteiger partial charge in [0.25, 0.3) is 0 Å². The second kappa shape index (κ2) is 7.84. The first-order valence-corrected chi connectivity index (χ1v) is 8.09. The average molecular weight is 370 g/mol. The summed E-state index contributed by atoms with van der Waals surface area (Å²) in [6, 6.07) is 2.91. The molecule has 1 aromatic heterocycles. The van der Waals surface area contributed by atoms with Gasteiger partial charge in [0.05, 0.1) is 11.2 Å². The molecule has 2 aromatic rings. The van der Waals surface area contributed by atoms with E-state index in [1.807, 2.05) is 6.92 Å². The second-order valence-corrected chi connectivity index (χ2v) is 5.95. The zero-order chi connectivity index (χ0) is 17.3. The van der Waals surface area contributed by atoms with E-state index in [0.29, 0.717) is 24.3 Å². The van der Waals surface area contributed by atoms with Gasteiger partial charge in [-0.05, 0) is 31.5 Å². The molecule has 0 amide bonds. The number of carbonyl (C=O) groups is 1. The molecule has 136 valence electrons. The number of anilines is 1. The number of aromatic carboxylic acids is 1. The molecular formula is C17H21ClFN3O3. The van der Waals surface area contributed by atoms with Gasteiger partial charge in [-0.3, -0.25) is 4.79 Å². The Bertz CT molecular complexity index is 849. The molecule has 25 heavy (non-hydrogen) atoms. The summed E-state index contributed by atoms with van der Waals surface area (Å²) >= 11 is 0. The van der Waals surface area contributed by atoms with Crippen molar-refractivity contribution in [1.82, 2.24) is 9.88 Å². The van der Waals surface area contributed by atoms with Crippen LogP contribution in [0.4, 0.5) is 10.1 Å². The first kappa shape index (κ1) is 19.2. The maximum Gasteiger partial charge on any atom is 0.341 e. The molecule has 0 saturated heterocycles. The van der Waals surface area contributed by atoms with Gasteiger partial charge in [0.1, 0.15) is 11.4 Å². The lowest BCUT2D eigenvalue weighted by Gasteiger charge is -2.14. The van der Waals surface area contributed by atoms with Crippen LogP contribution in [0.1, 0.15) is 36.2 Å². The van der Waals surface area contributed by atoms with Gasteiger partial charge in [-0.2, -0.15) is 0 Å².